The third kappa shape index (κ3) is 3.23. The van der Waals surface area contributed by atoms with Gasteiger partial charge in [-0.25, -0.2) is 4.68 Å². The summed E-state index contributed by atoms with van der Waals surface area (Å²) in [5, 5.41) is 8.38. The number of para-hydroxylation sites is 1. The van der Waals surface area contributed by atoms with Crippen molar-refractivity contribution in [1.82, 2.24) is 9.78 Å². The molecule has 7 heteroatoms. The molecular formula is C23H23N3O3S. The maximum atomic E-state index is 13.2. The number of ketones is 1. The van der Waals surface area contributed by atoms with Gasteiger partial charge < -0.3 is 14.8 Å². The highest BCUT2D eigenvalue weighted by Crippen LogP contribution is 2.43. The molecule has 2 aliphatic rings. The predicted octanol–water partition coefficient (Wildman–Crippen LogP) is 4.94. The van der Waals surface area contributed by atoms with Gasteiger partial charge in [0.1, 0.15) is 5.82 Å². The molecule has 5 rings (SSSR count). The molecule has 0 bridgehead atoms. The molecule has 0 radical (unpaired) electrons. The summed E-state index contributed by atoms with van der Waals surface area (Å²) < 4.78 is 12.8. The molecule has 1 N–H and O–H groups in total. The second kappa shape index (κ2) is 7.09. The topological polar surface area (TPSA) is 65.4 Å². The number of carbonyl (C=O) groups excluding carboxylic acids is 1. The van der Waals surface area contributed by atoms with E-state index in [9.17, 15) is 4.79 Å². The number of thioether (sulfide) groups is 1. The lowest BCUT2D eigenvalue weighted by Gasteiger charge is -2.19. The van der Waals surface area contributed by atoms with Crippen LogP contribution in [-0.4, -0.2) is 28.1 Å². The minimum atomic E-state index is -0.259. The van der Waals surface area contributed by atoms with Crippen molar-refractivity contribution in [2.24, 2.45) is 0 Å². The quantitative estimate of drug-likeness (QED) is 0.632. The standard InChI is InChI=1S/C23H23N3O3S/c1-23(2,3)20-19-16(27)12-30-22(14-9-10-17-18(11-14)29-13-28-17)24-21(19)26(25-20)15-7-5-4-6-8-15/h4-11,22,24H,12-13H2,1-3H3. The molecule has 1 unspecified atom stereocenters. The van der Waals surface area contributed by atoms with Crippen molar-refractivity contribution in [3.05, 3.63) is 65.4 Å². The fourth-order valence-corrected chi connectivity index (χ4v) is 4.75. The molecular weight excluding hydrogens is 398 g/mol. The van der Waals surface area contributed by atoms with Gasteiger partial charge in [0, 0.05) is 5.41 Å². The average molecular weight is 422 g/mol. The fraction of sp³-hybridized carbons (Fsp3) is 0.304. The van der Waals surface area contributed by atoms with E-state index in [0.717, 1.165) is 34.3 Å². The highest BCUT2D eigenvalue weighted by Gasteiger charge is 2.35. The van der Waals surface area contributed by atoms with Gasteiger partial charge in [0.2, 0.25) is 6.79 Å². The van der Waals surface area contributed by atoms with E-state index in [4.69, 9.17) is 14.6 Å². The van der Waals surface area contributed by atoms with E-state index in [0.29, 0.717) is 11.3 Å². The molecule has 30 heavy (non-hydrogen) atoms. The van der Waals surface area contributed by atoms with Crippen molar-refractivity contribution in [3.63, 3.8) is 0 Å². The summed E-state index contributed by atoms with van der Waals surface area (Å²) in [5.74, 6) is 2.70. The molecule has 0 amide bonds. The number of hydrogen-bond donors (Lipinski definition) is 1. The maximum Gasteiger partial charge on any atom is 0.231 e. The molecule has 3 aromatic rings. The van der Waals surface area contributed by atoms with Crippen LogP contribution in [0.4, 0.5) is 5.82 Å². The molecule has 1 atom stereocenters. The van der Waals surface area contributed by atoms with Crippen LogP contribution in [0.3, 0.4) is 0 Å². The molecule has 0 spiro atoms. The third-order valence-electron chi connectivity index (χ3n) is 5.22. The number of benzene rings is 2. The first-order valence-electron chi connectivity index (χ1n) is 9.91. The Balaban J connectivity index is 1.64. The van der Waals surface area contributed by atoms with Gasteiger partial charge in [0.25, 0.3) is 0 Å². The minimum absolute atomic E-state index is 0.0952. The molecule has 0 aliphatic carbocycles. The SMILES string of the molecule is CC(C)(C)c1nn(-c2ccccc2)c2c1C(=O)CSC(c1ccc3c(c1)OCO3)N2. The monoisotopic (exact) mass is 421 g/mol. The Kier molecular flexibility index (Phi) is 4.50. The number of hydrogen-bond acceptors (Lipinski definition) is 6. The highest BCUT2D eigenvalue weighted by molar-refractivity contribution is 8.00. The Morgan fingerprint density at radius 3 is 2.63 bits per heavy atom. The van der Waals surface area contributed by atoms with Gasteiger partial charge in [0.05, 0.1) is 28.1 Å². The molecule has 0 saturated heterocycles. The number of rotatable bonds is 2. The summed E-state index contributed by atoms with van der Waals surface area (Å²) in [7, 11) is 0. The third-order valence-corrected chi connectivity index (χ3v) is 6.38. The zero-order valence-corrected chi connectivity index (χ0v) is 18.0. The van der Waals surface area contributed by atoms with Crippen molar-refractivity contribution in [2.75, 3.05) is 17.9 Å². The molecule has 154 valence electrons. The lowest BCUT2D eigenvalue weighted by Crippen LogP contribution is -2.17. The van der Waals surface area contributed by atoms with E-state index in [2.05, 4.69) is 26.1 Å². The number of nitrogens with zero attached hydrogens (tertiary/aromatic N) is 2. The fourth-order valence-electron chi connectivity index (χ4n) is 3.75. The van der Waals surface area contributed by atoms with E-state index in [1.165, 1.54) is 0 Å². The van der Waals surface area contributed by atoms with E-state index >= 15 is 0 Å². The number of ether oxygens (including phenoxy) is 2. The van der Waals surface area contributed by atoms with Crippen LogP contribution in [-0.2, 0) is 5.41 Å². The van der Waals surface area contributed by atoms with Crippen molar-refractivity contribution in [1.29, 1.82) is 0 Å². The van der Waals surface area contributed by atoms with Crippen molar-refractivity contribution in [2.45, 2.75) is 31.6 Å². The van der Waals surface area contributed by atoms with Gasteiger partial charge in [-0.2, -0.15) is 5.10 Å². The van der Waals surface area contributed by atoms with E-state index < -0.39 is 0 Å². The number of nitrogens with one attached hydrogen (secondary N) is 1. The van der Waals surface area contributed by atoms with Crippen LogP contribution in [0.15, 0.2) is 48.5 Å². The summed E-state index contributed by atoms with van der Waals surface area (Å²) >= 11 is 1.58. The van der Waals surface area contributed by atoms with Gasteiger partial charge in [0.15, 0.2) is 17.3 Å². The summed E-state index contributed by atoms with van der Waals surface area (Å²) in [4.78, 5) is 13.2. The smallest absolute Gasteiger partial charge is 0.231 e. The predicted molar refractivity (Wildman–Crippen MR) is 118 cm³/mol. The molecule has 0 saturated carbocycles. The second-order valence-corrected chi connectivity index (χ2v) is 9.53. The van der Waals surface area contributed by atoms with Crippen LogP contribution >= 0.6 is 11.8 Å². The highest BCUT2D eigenvalue weighted by atomic mass is 32.2. The van der Waals surface area contributed by atoms with Crippen LogP contribution in [0, 0.1) is 0 Å². The Morgan fingerprint density at radius 1 is 1.10 bits per heavy atom. The van der Waals surface area contributed by atoms with Gasteiger partial charge >= 0.3 is 0 Å². The summed E-state index contributed by atoms with van der Waals surface area (Å²) in [6.07, 6.45) is 0. The second-order valence-electron chi connectivity index (χ2n) is 8.44. The molecule has 6 nitrogen and oxygen atoms in total. The molecule has 2 aromatic carbocycles. The molecule has 1 aromatic heterocycles. The average Bonchev–Trinajstić information content (AvgIpc) is 3.31. The lowest BCUT2D eigenvalue weighted by molar-refractivity contribution is 0.102. The van der Waals surface area contributed by atoms with Gasteiger partial charge in [-0.3, -0.25) is 4.79 Å². The van der Waals surface area contributed by atoms with Crippen molar-refractivity contribution in [3.8, 4) is 17.2 Å². The van der Waals surface area contributed by atoms with Crippen molar-refractivity contribution >= 4 is 23.4 Å². The van der Waals surface area contributed by atoms with Crippen LogP contribution < -0.4 is 14.8 Å². The number of Topliss-reactive ketones (excluding diaryl/α,β-unsaturated/α-hetero) is 1. The number of aromatic nitrogens is 2. The summed E-state index contributed by atoms with van der Waals surface area (Å²) in [6.45, 7) is 6.51. The van der Waals surface area contributed by atoms with Crippen molar-refractivity contribution < 1.29 is 14.3 Å². The van der Waals surface area contributed by atoms with E-state index in [1.54, 1.807) is 11.8 Å². The first kappa shape index (κ1) is 19.1. The lowest BCUT2D eigenvalue weighted by atomic mass is 9.88. The molecule has 3 heterocycles. The van der Waals surface area contributed by atoms with E-state index in [-0.39, 0.29) is 23.4 Å². The Morgan fingerprint density at radius 2 is 1.87 bits per heavy atom. The molecule has 0 fully saturated rings. The zero-order chi connectivity index (χ0) is 20.9. The minimum Gasteiger partial charge on any atom is -0.454 e. The number of anilines is 1. The number of carbonyl (C=O) groups is 1. The maximum absolute atomic E-state index is 13.2. The summed E-state index contributed by atoms with van der Waals surface area (Å²) in [6, 6.07) is 15.8. The Hall–Kier alpha value is -2.93. The van der Waals surface area contributed by atoms with Gasteiger partial charge in [-0.05, 0) is 29.8 Å². The van der Waals surface area contributed by atoms with Crippen LogP contribution in [0.5, 0.6) is 11.5 Å². The zero-order valence-electron chi connectivity index (χ0n) is 17.1. The van der Waals surface area contributed by atoms with Gasteiger partial charge in [-0.1, -0.05) is 45.0 Å². The van der Waals surface area contributed by atoms with Crippen LogP contribution in [0.1, 0.15) is 47.8 Å². The normalized spacial score (nSPS) is 18.0. The van der Waals surface area contributed by atoms with Crippen LogP contribution in [0.2, 0.25) is 0 Å². The Bertz CT molecular complexity index is 1120. The van der Waals surface area contributed by atoms with Gasteiger partial charge in [-0.15, -0.1) is 11.8 Å². The molecule has 2 aliphatic heterocycles. The van der Waals surface area contributed by atoms with Crippen LogP contribution in [0.25, 0.3) is 5.69 Å². The number of fused-ring (bicyclic) bond motifs is 2. The van der Waals surface area contributed by atoms with E-state index in [1.807, 2.05) is 53.2 Å². The first-order valence-corrected chi connectivity index (χ1v) is 11.0. The summed E-state index contributed by atoms with van der Waals surface area (Å²) in [5.41, 5.74) is 3.18. The first-order chi connectivity index (χ1) is 14.4. The largest absolute Gasteiger partial charge is 0.454 e. The Labute approximate surface area is 179 Å².